The summed E-state index contributed by atoms with van der Waals surface area (Å²) in [5, 5.41) is 21.4. The number of fused-ring (bicyclic) bond motifs is 1. The molecule has 1 saturated heterocycles. The Morgan fingerprint density at radius 2 is 1.38 bits per heavy atom. The molecule has 0 radical (unpaired) electrons. The highest BCUT2D eigenvalue weighted by Gasteiger charge is 2.76. The Balaban J connectivity index is 1.54. The zero-order valence-corrected chi connectivity index (χ0v) is 31.1. The molecule has 2 saturated carbocycles. The highest BCUT2D eigenvalue weighted by atomic mass is 16.6. The zero-order valence-electron chi connectivity index (χ0n) is 31.1. The highest BCUT2D eigenvalue weighted by molar-refractivity contribution is 5.96. The standard InChI is InChI=1S/C42H58O6/c1-29(18-14-19-31(3)22-23-37-38(6,7)26-35(47-33(5)43)27-40(37,10)46)16-12-13-17-30(2)20-15-21-32(4)36(45)28-42-39(8,9)24-34(44)25-41(42,11)48-42/h12-22,34-35,44,46H,24-28H2,1-11H3/b13-12+,18-14+,20-15+,29-16+,30-17+,31-19+,32-21+/t23?,34-,35-,40+,41+,42-/m1/s1. The lowest BCUT2D eigenvalue weighted by atomic mass is 9.61. The summed E-state index contributed by atoms with van der Waals surface area (Å²) < 4.78 is 11.6. The first-order valence-electron chi connectivity index (χ1n) is 17.1. The van der Waals surface area contributed by atoms with Gasteiger partial charge in [0.2, 0.25) is 0 Å². The van der Waals surface area contributed by atoms with Gasteiger partial charge in [0.25, 0.3) is 0 Å². The maximum Gasteiger partial charge on any atom is 0.302 e. The van der Waals surface area contributed by atoms with E-state index in [0.717, 1.165) is 22.3 Å². The fourth-order valence-electron chi connectivity index (χ4n) is 7.76. The van der Waals surface area contributed by atoms with Crippen molar-refractivity contribution >= 4 is 11.8 Å². The summed E-state index contributed by atoms with van der Waals surface area (Å²) in [6.45, 7) is 21.4. The Kier molecular flexibility index (Phi) is 12.3. The van der Waals surface area contributed by atoms with E-state index < -0.39 is 16.8 Å². The molecule has 1 heterocycles. The molecule has 3 rings (SSSR count). The second kappa shape index (κ2) is 15.1. The number of aliphatic hydroxyl groups excluding tert-OH is 1. The van der Waals surface area contributed by atoms with Crippen molar-refractivity contribution in [1.29, 1.82) is 0 Å². The molecule has 6 heteroatoms. The Morgan fingerprint density at radius 1 is 0.812 bits per heavy atom. The van der Waals surface area contributed by atoms with E-state index in [4.69, 9.17) is 9.47 Å². The largest absolute Gasteiger partial charge is 0.462 e. The molecule has 0 aromatic rings. The summed E-state index contributed by atoms with van der Waals surface area (Å²) in [5.74, 6) is -0.244. The molecular formula is C42H58O6. The van der Waals surface area contributed by atoms with Crippen LogP contribution in [-0.2, 0) is 19.1 Å². The van der Waals surface area contributed by atoms with Crippen molar-refractivity contribution in [3.63, 3.8) is 0 Å². The van der Waals surface area contributed by atoms with Crippen molar-refractivity contribution in [2.45, 2.75) is 137 Å². The number of rotatable bonds is 11. The number of esters is 1. The Hall–Kier alpha value is -3.28. The van der Waals surface area contributed by atoms with Crippen molar-refractivity contribution in [2.75, 3.05) is 0 Å². The first kappa shape index (κ1) is 39.2. The maximum absolute atomic E-state index is 13.1. The summed E-state index contributed by atoms with van der Waals surface area (Å²) in [6, 6.07) is 0. The minimum Gasteiger partial charge on any atom is -0.462 e. The van der Waals surface area contributed by atoms with Gasteiger partial charge in [-0.1, -0.05) is 99.6 Å². The van der Waals surface area contributed by atoms with Gasteiger partial charge in [0.1, 0.15) is 11.7 Å². The van der Waals surface area contributed by atoms with E-state index in [-0.39, 0.29) is 34.8 Å². The molecular weight excluding hydrogens is 600 g/mol. The number of ketones is 1. The molecule has 3 fully saturated rings. The third kappa shape index (κ3) is 9.66. The van der Waals surface area contributed by atoms with E-state index in [1.54, 1.807) is 6.92 Å². The normalized spacial score (nSPS) is 32.4. The van der Waals surface area contributed by atoms with E-state index in [0.29, 0.717) is 37.7 Å². The Bertz CT molecular complexity index is 1510. The predicted octanol–water partition coefficient (Wildman–Crippen LogP) is 8.69. The lowest BCUT2D eigenvalue weighted by Crippen LogP contribution is -2.48. The molecule has 0 spiro atoms. The van der Waals surface area contributed by atoms with Crippen LogP contribution in [0.5, 0.6) is 0 Å². The van der Waals surface area contributed by atoms with Gasteiger partial charge in [0.15, 0.2) is 5.78 Å². The maximum atomic E-state index is 13.1. The average molecular weight is 659 g/mol. The second-order valence-corrected chi connectivity index (χ2v) is 15.9. The zero-order chi connectivity index (χ0) is 36.1. The number of Topliss-reactive ketones (excluding diaryl/α,β-unsaturated/α-hetero) is 1. The van der Waals surface area contributed by atoms with E-state index in [9.17, 15) is 19.8 Å². The SMILES string of the molecule is CC(=O)O[C@@H]1CC(C)(C)C(=C=C/C(C)=C/C=C/C(C)=C/C=C/C=C(C)/C=C/C=C(\C)C(=O)C[C@]23O[C@@]2(C)C[C@H](O)CC3(C)C)[C@@](C)(O)C1. The topological polar surface area (TPSA) is 96.4 Å². The predicted molar refractivity (Wildman–Crippen MR) is 194 cm³/mol. The van der Waals surface area contributed by atoms with Crippen LogP contribution in [0.4, 0.5) is 0 Å². The molecule has 0 amide bonds. The summed E-state index contributed by atoms with van der Waals surface area (Å²) >= 11 is 0. The van der Waals surface area contributed by atoms with E-state index >= 15 is 0 Å². The molecule has 0 aromatic carbocycles. The summed E-state index contributed by atoms with van der Waals surface area (Å²) in [5.41, 5.74) is 5.35. The van der Waals surface area contributed by atoms with Crippen LogP contribution < -0.4 is 0 Å². The van der Waals surface area contributed by atoms with Gasteiger partial charge >= 0.3 is 5.97 Å². The molecule has 3 aliphatic rings. The summed E-state index contributed by atoms with van der Waals surface area (Å²) in [4.78, 5) is 24.5. The van der Waals surface area contributed by atoms with Crippen molar-refractivity contribution in [1.82, 2.24) is 0 Å². The molecule has 6 nitrogen and oxygen atoms in total. The van der Waals surface area contributed by atoms with Crippen LogP contribution in [0.25, 0.3) is 0 Å². The van der Waals surface area contributed by atoms with Gasteiger partial charge in [-0.3, -0.25) is 9.59 Å². The van der Waals surface area contributed by atoms with Crippen molar-refractivity contribution < 1.29 is 29.3 Å². The van der Waals surface area contributed by atoms with E-state index in [1.165, 1.54) is 6.92 Å². The summed E-state index contributed by atoms with van der Waals surface area (Å²) in [6.07, 6.45) is 23.6. The molecule has 2 aliphatic carbocycles. The highest BCUT2D eigenvalue weighted by Crippen LogP contribution is 2.67. The Morgan fingerprint density at radius 3 is 1.92 bits per heavy atom. The molecule has 1 aliphatic heterocycles. The minimum absolute atomic E-state index is 0.0816. The van der Waals surface area contributed by atoms with Crippen LogP contribution in [0.15, 0.2) is 100 Å². The Labute approximate surface area is 289 Å². The molecule has 5 atom stereocenters. The number of allylic oxidation sites excluding steroid dienone is 14. The van der Waals surface area contributed by atoms with E-state index in [2.05, 4.69) is 19.6 Å². The van der Waals surface area contributed by atoms with Crippen LogP contribution in [0.1, 0.15) is 108 Å². The smallest absolute Gasteiger partial charge is 0.302 e. The van der Waals surface area contributed by atoms with Crippen molar-refractivity contribution in [2.24, 2.45) is 10.8 Å². The summed E-state index contributed by atoms with van der Waals surface area (Å²) in [7, 11) is 0. The van der Waals surface area contributed by atoms with Crippen molar-refractivity contribution in [3.8, 4) is 0 Å². The molecule has 0 unspecified atom stereocenters. The molecule has 0 bridgehead atoms. The fourth-order valence-corrected chi connectivity index (χ4v) is 7.76. The third-order valence-corrected chi connectivity index (χ3v) is 10.1. The van der Waals surface area contributed by atoms with Crippen LogP contribution in [0.3, 0.4) is 0 Å². The molecule has 2 N–H and O–H groups in total. The first-order valence-corrected chi connectivity index (χ1v) is 17.1. The van der Waals surface area contributed by atoms with Gasteiger partial charge in [-0.25, -0.2) is 0 Å². The molecule has 0 aromatic heterocycles. The van der Waals surface area contributed by atoms with Crippen molar-refractivity contribution in [3.05, 3.63) is 100 Å². The van der Waals surface area contributed by atoms with Gasteiger partial charge in [-0.15, -0.1) is 5.73 Å². The average Bonchev–Trinajstić information content (AvgIpc) is 3.53. The quantitative estimate of drug-likeness (QED) is 0.0758. The lowest BCUT2D eigenvalue weighted by molar-refractivity contribution is -0.152. The number of hydrogen-bond acceptors (Lipinski definition) is 6. The lowest BCUT2D eigenvalue weighted by Gasteiger charge is -2.44. The fraction of sp³-hybridized carbons (Fsp3) is 0.548. The third-order valence-electron chi connectivity index (χ3n) is 10.1. The molecule has 262 valence electrons. The number of carbonyl (C=O) groups excluding carboxylic acids is 2. The minimum atomic E-state index is -1.11. The van der Waals surface area contributed by atoms with Gasteiger partial charge in [-0.05, 0) is 82.4 Å². The monoisotopic (exact) mass is 658 g/mol. The number of carbonyl (C=O) groups is 2. The number of ether oxygens (including phenoxy) is 2. The first-order chi connectivity index (χ1) is 22.1. The second-order valence-electron chi connectivity index (χ2n) is 15.9. The molecule has 48 heavy (non-hydrogen) atoms. The van der Waals surface area contributed by atoms with E-state index in [1.807, 2.05) is 115 Å². The number of hydrogen-bond donors (Lipinski definition) is 2. The van der Waals surface area contributed by atoms with Gasteiger partial charge < -0.3 is 19.7 Å². The van der Waals surface area contributed by atoms with Gasteiger partial charge in [0, 0.05) is 31.8 Å². The van der Waals surface area contributed by atoms with Gasteiger partial charge in [0.05, 0.1) is 17.3 Å². The number of epoxide rings is 1. The van der Waals surface area contributed by atoms with Gasteiger partial charge in [-0.2, -0.15) is 0 Å². The number of aliphatic hydroxyl groups is 2. The van der Waals surface area contributed by atoms with Crippen LogP contribution in [0.2, 0.25) is 0 Å². The van der Waals surface area contributed by atoms with Crippen LogP contribution >= 0.6 is 0 Å². The van der Waals surface area contributed by atoms with Crippen LogP contribution in [0, 0.1) is 10.8 Å². The van der Waals surface area contributed by atoms with Crippen LogP contribution in [-0.4, -0.2) is 51.0 Å².